The summed E-state index contributed by atoms with van der Waals surface area (Å²) in [6.07, 6.45) is 0. The van der Waals surface area contributed by atoms with Crippen molar-refractivity contribution >= 4 is 32.6 Å². The molecule has 2 aromatic heterocycles. The van der Waals surface area contributed by atoms with E-state index in [4.69, 9.17) is 15.0 Å². The van der Waals surface area contributed by atoms with Gasteiger partial charge < -0.3 is 4.57 Å². The Hall–Kier alpha value is -7.17. The fourth-order valence-corrected chi connectivity index (χ4v) is 8.83. The highest BCUT2D eigenvalue weighted by atomic mass is 15.0. The first-order chi connectivity index (χ1) is 27.5. The van der Waals surface area contributed by atoms with Gasteiger partial charge in [-0.15, -0.1) is 0 Å². The Balaban J connectivity index is 1.14. The van der Waals surface area contributed by atoms with Gasteiger partial charge in [-0.25, -0.2) is 15.0 Å². The second-order valence-corrected chi connectivity index (χ2v) is 15.3. The van der Waals surface area contributed by atoms with Gasteiger partial charge in [0, 0.05) is 38.3 Å². The first-order valence-corrected chi connectivity index (χ1v) is 19.2. The number of nitrogens with zero attached hydrogens (tertiary/aromatic N) is 4. The molecule has 0 saturated heterocycles. The summed E-state index contributed by atoms with van der Waals surface area (Å²) < 4.78 is 2.42. The average molecular weight is 717 g/mol. The zero-order valence-electron chi connectivity index (χ0n) is 31.1. The van der Waals surface area contributed by atoms with Crippen LogP contribution in [0.1, 0.15) is 25.0 Å². The monoisotopic (exact) mass is 716 g/mol. The van der Waals surface area contributed by atoms with Gasteiger partial charge in [0.05, 0.1) is 16.7 Å². The fraction of sp³-hybridized carbons (Fsp3) is 0.0577. The Morgan fingerprint density at radius 3 is 1.61 bits per heavy atom. The van der Waals surface area contributed by atoms with E-state index in [1.165, 1.54) is 49.5 Å². The molecule has 4 nitrogen and oxygen atoms in total. The second-order valence-electron chi connectivity index (χ2n) is 15.3. The normalized spacial score (nSPS) is 13.0. The van der Waals surface area contributed by atoms with Crippen molar-refractivity contribution in [3.05, 3.63) is 193 Å². The van der Waals surface area contributed by atoms with Crippen LogP contribution in [0.25, 0.3) is 94.7 Å². The highest BCUT2D eigenvalue weighted by Crippen LogP contribution is 2.50. The molecule has 264 valence electrons. The summed E-state index contributed by atoms with van der Waals surface area (Å²) in [5.74, 6) is 1.94. The van der Waals surface area contributed by atoms with Crippen molar-refractivity contribution in [2.24, 2.45) is 0 Å². The molecule has 0 aliphatic heterocycles. The van der Waals surface area contributed by atoms with Gasteiger partial charge >= 0.3 is 0 Å². The molecule has 0 fully saturated rings. The Bertz CT molecular complexity index is 3100. The van der Waals surface area contributed by atoms with Gasteiger partial charge in [0.25, 0.3) is 0 Å². The summed E-state index contributed by atoms with van der Waals surface area (Å²) in [7, 11) is 0. The van der Waals surface area contributed by atoms with Crippen LogP contribution in [0, 0.1) is 0 Å². The van der Waals surface area contributed by atoms with E-state index in [2.05, 4.69) is 164 Å². The maximum atomic E-state index is 5.09. The van der Waals surface area contributed by atoms with E-state index < -0.39 is 0 Å². The van der Waals surface area contributed by atoms with E-state index in [9.17, 15) is 0 Å². The van der Waals surface area contributed by atoms with Crippen LogP contribution in [0.2, 0.25) is 0 Å². The minimum absolute atomic E-state index is 0.0763. The van der Waals surface area contributed by atoms with Crippen LogP contribution in [0.15, 0.2) is 182 Å². The molecule has 56 heavy (non-hydrogen) atoms. The number of aromatic nitrogens is 4. The zero-order valence-corrected chi connectivity index (χ0v) is 31.1. The molecule has 0 radical (unpaired) electrons. The molecule has 0 unspecified atom stereocenters. The molecule has 0 spiro atoms. The molecule has 1 aliphatic carbocycles. The van der Waals surface area contributed by atoms with E-state index in [-0.39, 0.29) is 5.41 Å². The van der Waals surface area contributed by atoms with E-state index in [0.717, 1.165) is 38.8 Å². The lowest BCUT2D eigenvalue weighted by Gasteiger charge is -2.22. The lowest BCUT2D eigenvalue weighted by molar-refractivity contribution is 0.660. The Morgan fingerprint density at radius 2 is 0.893 bits per heavy atom. The van der Waals surface area contributed by atoms with Crippen molar-refractivity contribution in [3.8, 4) is 62.1 Å². The minimum atomic E-state index is -0.0763. The fourth-order valence-electron chi connectivity index (χ4n) is 8.83. The molecule has 2 heterocycles. The number of fused-ring (bicyclic) bond motifs is 7. The molecule has 0 amide bonds. The van der Waals surface area contributed by atoms with Crippen molar-refractivity contribution in [2.45, 2.75) is 19.3 Å². The van der Waals surface area contributed by atoms with Gasteiger partial charge in [0.1, 0.15) is 0 Å². The van der Waals surface area contributed by atoms with Crippen LogP contribution in [-0.4, -0.2) is 19.5 Å². The van der Waals surface area contributed by atoms with Crippen LogP contribution in [0.5, 0.6) is 0 Å². The molecule has 0 N–H and O–H groups in total. The van der Waals surface area contributed by atoms with Gasteiger partial charge in [-0.1, -0.05) is 153 Å². The topological polar surface area (TPSA) is 43.6 Å². The third-order valence-corrected chi connectivity index (χ3v) is 11.6. The molecular formula is C52H36N4. The summed E-state index contributed by atoms with van der Waals surface area (Å²) in [6, 6.07) is 65.0. The lowest BCUT2D eigenvalue weighted by atomic mass is 9.81. The first kappa shape index (κ1) is 32.3. The molecule has 0 saturated carbocycles. The molecule has 0 atom stereocenters. The third-order valence-electron chi connectivity index (χ3n) is 11.6. The molecular weight excluding hydrogens is 681 g/mol. The third kappa shape index (κ3) is 5.03. The summed E-state index contributed by atoms with van der Waals surface area (Å²) in [5, 5.41) is 4.74. The average Bonchev–Trinajstić information content (AvgIpc) is 3.71. The number of benzene rings is 8. The Kier molecular flexibility index (Phi) is 7.17. The summed E-state index contributed by atoms with van der Waals surface area (Å²) in [6.45, 7) is 4.69. The van der Waals surface area contributed by atoms with Crippen molar-refractivity contribution < 1.29 is 0 Å². The van der Waals surface area contributed by atoms with Gasteiger partial charge in [-0.2, -0.15) is 0 Å². The van der Waals surface area contributed by atoms with Crippen molar-refractivity contribution in [3.63, 3.8) is 0 Å². The maximum absolute atomic E-state index is 5.09. The van der Waals surface area contributed by atoms with Crippen LogP contribution in [0.3, 0.4) is 0 Å². The molecule has 0 bridgehead atoms. The molecule has 11 rings (SSSR count). The summed E-state index contributed by atoms with van der Waals surface area (Å²) in [4.78, 5) is 15.1. The maximum Gasteiger partial charge on any atom is 0.164 e. The zero-order chi connectivity index (χ0) is 37.4. The minimum Gasteiger partial charge on any atom is -0.309 e. The predicted molar refractivity (Wildman–Crippen MR) is 231 cm³/mol. The number of hydrogen-bond acceptors (Lipinski definition) is 3. The Labute approximate surface area is 325 Å². The predicted octanol–water partition coefficient (Wildman–Crippen LogP) is 13.1. The molecule has 10 aromatic rings. The summed E-state index contributed by atoms with van der Waals surface area (Å²) >= 11 is 0. The molecule has 1 aliphatic rings. The summed E-state index contributed by atoms with van der Waals surface area (Å²) in [5.41, 5.74) is 14.0. The van der Waals surface area contributed by atoms with Crippen molar-refractivity contribution in [1.29, 1.82) is 0 Å². The molecule has 8 aromatic carbocycles. The van der Waals surface area contributed by atoms with Crippen LogP contribution >= 0.6 is 0 Å². The standard InChI is InChI=1S/C52H36N4/c1-52(2)44-22-12-11-21-40(44)41-27-24-37(32-45(41)52)36-25-28-47-42(30-36)43-31-38(26-29-48(43)56(47)46-23-13-19-33-14-9-10-20-39(33)46)51-54-49(34-15-5-3-6-16-34)53-50(55-51)35-17-7-4-8-18-35/h3-32H,1-2H3. The molecule has 4 heteroatoms. The number of rotatable bonds is 5. The van der Waals surface area contributed by atoms with Gasteiger partial charge in [0.2, 0.25) is 0 Å². The lowest BCUT2D eigenvalue weighted by Crippen LogP contribution is -2.14. The van der Waals surface area contributed by atoms with Crippen LogP contribution in [-0.2, 0) is 5.41 Å². The van der Waals surface area contributed by atoms with E-state index in [0.29, 0.717) is 17.5 Å². The van der Waals surface area contributed by atoms with E-state index >= 15 is 0 Å². The van der Waals surface area contributed by atoms with Crippen molar-refractivity contribution in [1.82, 2.24) is 19.5 Å². The van der Waals surface area contributed by atoms with Gasteiger partial charge in [-0.05, 0) is 81.2 Å². The first-order valence-electron chi connectivity index (χ1n) is 19.2. The highest BCUT2D eigenvalue weighted by molar-refractivity contribution is 6.12. The Morgan fingerprint density at radius 1 is 0.375 bits per heavy atom. The van der Waals surface area contributed by atoms with Gasteiger partial charge in [0.15, 0.2) is 17.5 Å². The number of hydrogen-bond donors (Lipinski definition) is 0. The van der Waals surface area contributed by atoms with Crippen LogP contribution in [0.4, 0.5) is 0 Å². The second kappa shape index (κ2) is 12.4. The van der Waals surface area contributed by atoms with Crippen molar-refractivity contribution in [2.75, 3.05) is 0 Å². The smallest absolute Gasteiger partial charge is 0.164 e. The van der Waals surface area contributed by atoms with E-state index in [1.54, 1.807) is 0 Å². The van der Waals surface area contributed by atoms with Gasteiger partial charge in [-0.3, -0.25) is 0 Å². The van der Waals surface area contributed by atoms with E-state index in [1.807, 2.05) is 36.4 Å². The van der Waals surface area contributed by atoms with Crippen LogP contribution < -0.4 is 0 Å². The SMILES string of the molecule is CC1(C)c2ccccc2-c2ccc(-c3ccc4c(c3)c3cc(-c5nc(-c6ccccc6)nc(-c6ccccc6)n5)ccc3n4-c3cccc4ccccc34)cc21. The highest BCUT2D eigenvalue weighted by Gasteiger charge is 2.35. The quantitative estimate of drug-likeness (QED) is 0.178. The largest absolute Gasteiger partial charge is 0.309 e.